The molecule has 0 N–H and O–H groups in total. The fourth-order valence-electron chi connectivity index (χ4n) is 3.12. The Balaban J connectivity index is 1.91. The van der Waals surface area contributed by atoms with E-state index in [1.165, 1.54) is 0 Å². The number of hydrogen-bond donors (Lipinski definition) is 0. The Bertz CT molecular complexity index is 981. The van der Waals surface area contributed by atoms with E-state index >= 15 is 0 Å². The number of aromatic nitrogens is 3. The minimum absolute atomic E-state index is 0.0974. The van der Waals surface area contributed by atoms with E-state index in [1.54, 1.807) is 29.8 Å². The van der Waals surface area contributed by atoms with Crippen molar-refractivity contribution in [2.75, 3.05) is 20.8 Å². The Hall–Kier alpha value is -3.09. The Morgan fingerprint density at radius 1 is 1.15 bits per heavy atom. The first kappa shape index (κ1) is 18.7. The monoisotopic (exact) mass is 368 g/mol. The third-order valence-electron chi connectivity index (χ3n) is 4.50. The summed E-state index contributed by atoms with van der Waals surface area (Å²) in [5, 5.41) is 4.32. The summed E-state index contributed by atoms with van der Waals surface area (Å²) in [6.07, 6.45) is 1.59. The zero-order valence-corrected chi connectivity index (χ0v) is 16.3. The predicted molar refractivity (Wildman–Crippen MR) is 102 cm³/mol. The van der Waals surface area contributed by atoms with Gasteiger partial charge in [-0.25, -0.2) is 9.50 Å². The molecule has 0 fully saturated rings. The van der Waals surface area contributed by atoms with Gasteiger partial charge in [-0.3, -0.25) is 4.79 Å². The van der Waals surface area contributed by atoms with Crippen LogP contribution in [0.2, 0.25) is 0 Å². The highest BCUT2D eigenvalue weighted by Crippen LogP contribution is 2.28. The maximum absolute atomic E-state index is 13.1. The molecule has 1 amide bonds. The van der Waals surface area contributed by atoms with Crippen LogP contribution in [0.1, 0.15) is 34.2 Å². The van der Waals surface area contributed by atoms with E-state index in [2.05, 4.69) is 10.1 Å². The molecule has 0 saturated heterocycles. The molecule has 3 aromatic rings. The van der Waals surface area contributed by atoms with Crippen LogP contribution in [-0.4, -0.2) is 46.2 Å². The Morgan fingerprint density at radius 3 is 2.56 bits per heavy atom. The van der Waals surface area contributed by atoms with Gasteiger partial charge in [0, 0.05) is 24.5 Å². The highest BCUT2D eigenvalue weighted by Gasteiger charge is 2.21. The molecule has 0 aliphatic heterocycles. The van der Waals surface area contributed by atoms with Crippen molar-refractivity contribution < 1.29 is 14.3 Å². The number of ether oxygens (including phenoxy) is 2. The van der Waals surface area contributed by atoms with Gasteiger partial charge in [-0.1, -0.05) is 6.07 Å². The van der Waals surface area contributed by atoms with Crippen molar-refractivity contribution in [1.29, 1.82) is 0 Å². The SMILES string of the molecule is CCN(Cc1ccc(OC)c(OC)c1)C(=O)c1cnn2c(C)cc(C)nc12. The third kappa shape index (κ3) is 3.58. The summed E-state index contributed by atoms with van der Waals surface area (Å²) in [6, 6.07) is 7.60. The van der Waals surface area contributed by atoms with Gasteiger partial charge in [-0.05, 0) is 44.5 Å². The van der Waals surface area contributed by atoms with Gasteiger partial charge in [0.05, 0.1) is 20.4 Å². The molecule has 0 aliphatic rings. The molecule has 7 heteroatoms. The van der Waals surface area contributed by atoms with E-state index in [9.17, 15) is 4.79 Å². The maximum atomic E-state index is 13.1. The van der Waals surface area contributed by atoms with Crippen molar-refractivity contribution in [3.63, 3.8) is 0 Å². The summed E-state index contributed by atoms with van der Waals surface area (Å²) in [7, 11) is 3.20. The molecule has 3 rings (SSSR count). The molecule has 7 nitrogen and oxygen atoms in total. The Labute approximate surface area is 158 Å². The van der Waals surface area contributed by atoms with Crippen LogP contribution >= 0.6 is 0 Å². The lowest BCUT2D eigenvalue weighted by Crippen LogP contribution is -2.30. The fourth-order valence-corrected chi connectivity index (χ4v) is 3.12. The van der Waals surface area contributed by atoms with Crippen LogP contribution in [0.4, 0.5) is 0 Å². The number of amides is 1. The standard InChI is InChI=1S/C20H24N4O3/c1-6-23(12-15-7-8-17(26-4)18(10-15)27-5)20(25)16-11-21-24-14(3)9-13(2)22-19(16)24/h7-11H,6,12H2,1-5H3. The van der Waals surface area contributed by atoms with Crippen LogP contribution in [0.15, 0.2) is 30.5 Å². The lowest BCUT2D eigenvalue weighted by Gasteiger charge is -2.21. The molecule has 0 radical (unpaired) electrons. The van der Waals surface area contributed by atoms with Crippen LogP contribution in [0.5, 0.6) is 11.5 Å². The number of fused-ring (bicyclic) bond motifs is 1. The zero-order valence-electron chi connectivity index (χ0n) is 16.3. The maximum Gasteiger partial charge on any atom is 0.259 e. The van der Waals surface area contributed by atoms with E-state index in [1.807, 2.05) is 45.0 Å². The number of carbonyl (C=O) groups excluding carboxylic acids is 1. The number of rotatable bonds is 6. The van der Waals surface area contributed by atoms with Crippen molar-refractivity contribution >= 4 is 11.6 Å². The summed E-state index contributed by atoms with van der Waals surface area (Å²) in [5.41, 5.74) is 3.85. The smallest absolute Gasteiger partial charge is 0.259 e. The Kier molecular flexibility index (Phi) is 5.30. The molecule has 0 atom stereocenters. The van der Waals surface area contributed by atoms with Crippen molar-refractivity contribution in [3.8, 4) is 11.5 Å². The van der Waals surface area contributed by atoms with Crippen molar-refractivity contribution in [3.05, 3.63) is 53.0 Å². The average molecular weight is 368 g/mol. The van der Waals surface area contributed by atoms with Gasteiger partial charge in [-0.15, -0.1) is 0 Å². The fraction of sp³-hybridized carbons (Fsp3) is 0.350. The second kappa shape index (κ2) is 7.65. The van der Waals surface area contributed by atoms with E-state index in [0.29, 0.717) is 35.8 Å². The number of benzene rings is 1. The van der Waals surface area contributed by atoms with Crippen LogP contribution in [-0.2, 0) is 6.54 Å². The van der Waals surface area contributed by atoms with Crippen LogP contribution < -0.4 is 9.47 Å². The average Bonchev–Trinajstić information content (AvgIpc) is 3.09. The second-order valence-electron chi connectivity index (χ2n) is 6.34. The number of nitrogens with zero attached hydrogens (tertiary/aromatic N) is 4. The molecule has 0 spiro atoms. The third-order valence-corrected chi connectivity index (χ3v) is 4.50. The highest BCUT2D eigenvalue weighted by atomic mass is 16.5. The summed E-state index contributed by atoms with van der Waals surface area (Å²) in [5.74, 6) is 1.20. The molecular formula is C20H24N4O3. The first-order valence-electron chi connectivity index (χ1n) is 8.80. The lowest BCUT2D eigenvalue weighted by atomic mass is 10.1. The number of aryl methyl sites for hydroxylation is 2. The van der Waals surface area contributed by atoms with Crippen molar-refractivity contribution in [2.45, 2.75) is 27.3 Å². The van der Waals surface area contributed by atoms with E-state index in [-0.39, 0.29) is 5.91 Å². The van der Waals surface area contributed by atoms with E-state index < -0.39 is 0 Å². The van der Waals surface area contributed by atoms with Gasteiger partial charge in [-0.2, -0.15) is 5.10 Å². The number of carbonyl (C=O) groups is 1. The summed E-state index contributed by atoms with van der Waals surface area (Å²) < 4.78 is 12.3. The largest absolute Gasteiger partial charge is 0.493 e. The molecule has 27 heavy (non-hydrogen) atoms. The van der Waals surface area contributed by atoms with Crippen LogP contribution in [0, 0.1) is 13.8 Å². The van der Waals surface area contributed by atoms with Crippen molar-refractivity contribution in [1.82, 2.24) is 19.5 Å². The molecule has 2 aromatic heterocycles. The zero-order chi connectivity index (χ0) is 19.6. The number of hydrogen-bond acceptors (Lipinski definition) is 5. The summed E-state index contributed by atoms with van der Waals surface area (Å²) in [6.45, 7) is 6.83. The van der Waals surface area contributed by atoms with Gasteiger partial charge in [0.2, 0.25) is 0 Å². The minimum atomic E-state index is -0.0974. The van der Waals surface area contributed by atoms with E-state index in [0.717, 1.165) is 17.0 Å². The topological polar surface area (TPSA) is 69.0 Å². The lowest BCUT2D eigenvalue weighted by molar-refractivity contribution is 0.0754. The number of methoxy groups -OCH3 is 2. The summed E-state index contributed by atoms with van der Waals surface area (Å²) in [4.78, 5) is 19.4. The normalized spacial score (nSPS) is 10.9. The minimum Gasteiger partial charge on any atom is -0.493 e. The molecular weight excluding hydrogens is 344 g/mol. The van der Waals surface area contributed by atoms with Gasteiger partial charge in [0.1, 0.15) is 5.56 Å². The Morgan fingerprint density at radius 2 is 1.89 bits per heavy atom. The molecule has 0 unspecified atom stereocenters. The van der Waals surface area contributed by atoms with Crippen molar-refractivity contribution in [2.24, 2.45) is 0 Å². The van der Waals surface area contributed by atoms with Gasteiger partial charge in [0.25, 0.3) is 5.91 Å². The van der Waals surface area contributed by atoms with Gasteiger partial charge >= 0.3 is 0 Å². The molecule has 1 aromatic carbocycles. The van der Waals surface area contributed by atoms with Crippen LogP contribution in [0.3, 0.4) is 0 Å². The quantitative estimate of drug-likeness (QED) is 0.669. The second-order valence-corrected chi connectivity index (χ2v) is 6.34. The predicted octanol–water partition coefficient (Wildman–Crippen LogP) is 3.03. The molecule has 142 valence electrons. The summed E-state index contributed by atoms with van der Waals surface area (Å²) >= 11 is 0. The van der Waals surface area contributed by atoms with E-state index in [4.69, 9.17) is 9.47 Å². The van der Waals surface area contributed by atoms with Gasteiger partial charge < -0.3 is 14.4 Å². The molecule has 0 aliphatic carbocycles. The molecule has 0 bridgehead atoms. The molecule has 0 saturated carbocycles. The van der Waals surface area contributed by atoms with Gasteiger partial charge in [0.15, 0.2) is 17.1 Å². The molecule has 2 heterocycles. The first-order chi connectivity index (χ1) is 13.0. The first-order valence-corrected chi connectivity index (χ1v) is 8.80. The highest BCUT2D eigenvalue weighted by molar-refractivity contribution is 5.99. The van der Waals surface area contributed by atoms with Crippen LogP contribution in [0.25, 0.3) is 5.65 Å².